The van der Waals surface area contributed by atoms with E-state index in [1.807, 2.05) is 97.1 Å². The average molecular weight is 734 g/mol. The van der Waals surface area contributed by atoms with Crippen LogP contribution in [0.2, 0.25) is 0 Å². The van der Waals surface area contributed by atoms with Gasteiger partial charge in [0.25, 0.3) is 0 Å². The van der Waals surface area contributed by atoms with Crippen LogP contribution in [0.4, 0.5) is 0 Å². The van der Waals surface area contributed by atoms with Gasteiger partial charge in [0, 0.05) is 32.9 Å². The van der Waals surface area contributed by atoms with Gasteiger partial charge in [-0.1, -0.05) is 98.9 Å². The SMILES string of the molecule is O=C(CCCCCC(=O)N/N=C\c1cc(Br)ccc1OCc1ccccc1)N/N=C\c1cc(Br)ccc1OCc1ccccc1. The van der Waals surface area contributed by atoms with Gasteiger partial charge in [0.15, 0.2) is 0 Å². The molecule has 0 aromatic heterocycles. The van der Waals surface area contributed by atoms with E-state index in [9.17, 15) is 9.59 Å². The normalized spacial score (nSPS) is 11.1. The third kappa shape index (κ3) is 12.3. The van der Waals surface area contributed by atoms with Crippen molar-refractivity contribution in [3.63, 3.8) is 0 Å². The molecule has 45 heavy (non-hydrogen) atoms. The maximum Gasteiger partial charge on any atom is 0.240 e. The van der Waals surface area contributed by atoms with Crippen molar-refractivity contribution in [3.05, 3.63) is 128 Å². The summed E-state index contributed by atoms with van der Waals surface area (Å²) in [5.74, 6) is 0.940. The second-order valence-corrected chi connectivity index (χ2v) is 11.9. The second kappa shape index (κ2) is 18.5. The quantitative estimate of drug-likeness (QED) is 0.0694. The highest BCUT2D eigenvalue weighted by molar-refractivity contribution is 9.10. The first-order valence-corrected chi connectivity index (χ1v) is 16.1. The zero-order valence-corrected chi connectivity index (χ0v) is 27.8. The molecule has 0 aliphatic carbocycles. The van der Waals surface area contributed by atoms with Gasteiger partial charge in [-0.3, -0.25) is 9.59 Å². The van der Waals surface area contributed by atoms with Gasteiger partial charge in [0.2, 0.25) is 11.8 Å². The van der Waals surface area contributed by atoms with Crippen LogP contribution in [0.15, 0.2) is 116 Å². The van der Waals surface area contributed by atoms with Crippen LogP contribution >= 0.6 is 31.9 Å². The van der Waals surface area contributed by atoms with Crippen LogP contribution in [0.3, 0.4) is 0 Å². The van der Waals surface area contributed by atoms with Crippen molar-refractivity contribution in [1.29, 1.82) is 0 Å². The minimum absolute atomic E-state index is 0.193. The number of carbonyl (C=O) groups excluding carboxylic acids is 2. The lowest BCUT2D eigenvalue weighted by atomic mass is 10.1. The molecule has 232 valence electrons. The Morgan fingerprint density at radius 3 is 1.44 bits per heavy atom. The summed E-state index contributed by atoms with van der Waals surface area (Å²) in [6.45, 7) is 0.853. The molecule has 10 heteroatoms. The summed E-state index contributed by atoms with van der Waals surface area (Å²) >= 11 is 6.94. The third-order valence-electron chi connectivity index (χ3n) is 6.51. The summed E-state index contributed by atoms with van der Waals surface area (Å²) in [4.78, 5) is 24.5. The molecular formula is C35H34Br2N4O4. The molecular weight excluding hydrogens is 700 g/mol. The standard InChI is InChI=1S/C35H34Br2N4O4/c36-30-16-18-32(44-24-26-10-4-1-5-11-26)28(20-30)22-38-40-34(42)14-8-3-9-15-35(43)41-39-23-29-21-31(37)17-19-33(29)45-25-27-12-6-2-7-13-27/h1-2,4-7,10-13,16-23H,3,8-9,14-15,24-25H2,(H,40,42)(H,41,43)/b38-22-,39-23-. The zero-order valence-electron chi connectivity index (χ0n) is 24.6. The van der Waals surface area contributed by atoms with Crippen molar-refractivity contribution >= 4 is 56.1 Å². The summed E-state index contributed by atoms with van der Waals surface area (Å²) in [6, 6.07) is 31.0. The molecule has 0 aliphatic rings. The number of hydrazone groups is 2. The van der Waals surface area contributed by atoms with E-state index >= 15 is 0 Å². The Labute approximate surface area is 280 Å². The first-order chi connectivity index (χ1) is 22.0. The van der Waals surface area contributed by atoms with Gasteiger partial charge in [0.05, 0.1) is 12.4 Å². The van der Waals surface area contributed by atoms with E-state index in [-0.39, 0.29) is 11.8 Å². The molecule has 2 N–H and O–H groups in total. The average Bonchev–Trinajstić information content (AvgIpc) is 3.05. The molecule has 4 rings (SSSR count). The van der Waals surface area contributed by atoms with Crippen molar-refractivity contribution in [2.45, 2.75) is 45.3 Å². The number of nitrogens with one attached hydrogen (secondary N) is 2. The molecule has 0 heterocycles. The number of hydrogen-bond acceptors (Lipinski definition) is 6. The lowest BCUT2D eigenvalue weighted by Crippen LogP contribution is -2.18. The summed E-state index contributed by atoms with van der Waals surface area (Å²) in [7, 11) is 0. The van der Waals surface area contributed by atoms with Gasteiger partial charge in [-0.15, -0.1) is 0 Å². The van der Waals surface area contributed by atoms with E-state index in [1.165, 1.54) is 0 Å². The Hall–Kier alpha value is -4.28. The Morgan fingerprint density at radius 1 is 0.600 bits per heavy atom. The summed E-state index contributed by atoms with van der Waals surface area (Å²) in [5, 5.41) is 8.21. The molecule has 4 aromatic rings. The van der Waals surface area contributed by atoms with Crippen molar-refractivity contribution < 1.29 is 19.1 Å². The molecule has 0 spiro atoms. The highest BCUT2D eigenvalue weighted by Crippen LogP contribution is 2.24. The van der Waals surface area contributed by atoms with E-state index in [1.54, 1.807) is 12.4 Å². The van der Waals surface area contributed by atoms with Crippen LogP contribution in [0, 0.1) is 0 Å². The lowest BCUT2D eigenvalue weighted by molar-refractivity contribution is -0.121. The van der Waals surface area contributed by atoms with Crippen LogP contribution < -0.4 is 20.3 Å². The van der Waals surface area contributed by atoms with Crippen LogP contribution in [-0.2, 0) is 22.8 Å². The number of amides is 2. The van der Waals surface area contributed by atoms with Crippen molar-refractivity contribution in [1.82, 2.24) is 10.9 Å². The highest BCUT2D eigenvalue weighted by atomic mass is 79.9. The zero-order chi connectivity index (χ0) is 31.7. The highest BCUT2D eigenvalue weighted by Gasteiger charge is 2.07. The van der Waals surface area contributed by atoms with Gasteiger partial charge >= 0.3 is 0 Å². The van der Waals surface area contributed by atoms with Crippen LogP contribution in [0.5, 0.6) is 11.5 Å². The fourth-order valence-electron chi connectivity index (χ4n) is 4.18. The van der Waals surface area contributed by atoms with E-state index in [0.29, 0.717) is 50.4 Å². The Morgan fingerprint density at radius 2 is 1.02 bits per heavy atom. The maximum absolute atomic E-state index is 12.3. The topological polar surface area (TPSA) is 101 Å². The van der Waals surface area contributed by atoms with Gasteiger partial charge in [-0.2, -0.15) is 10.2 Å². The molecule has 0 aliphatic heterocycles. The molecule has 0 radical (unpaired) electrons. The fraction of sp³-hybridized carbons (Fsp3) is 0.200. The smallest absolute Gasteiger partial charge is 0.240 e. The molecule has 4 aromatic carbocycles. The fourth-order valence-corrected chi connectivity index (χ4v) is 4.94. The number of hydrogen-bond donors (Lipinski definition) is 2. The largest absolute Gasteiger partial charge is 0.488 e. The number of ether oxygens (including phenoxy) is 2. The first kappa shape index (κ1) is 33.6. The van der Waals surface area contributed by atoms with E-state index in [2.05, 4.69) is 52.9 Å². The summed E-state index contributed by atoms with van der Waals surface area (Å²) in [5.41, 5.74) is 8.73. The predicted molar refractivity (Wildman–Crippen MR) is 184 cm³/mol. The van der Waals surface area contributed by atoms with Crippen LogP contribution in [0.25, 0.3) is 0 Å². The molecule has 8 nitrogen and oxygen atoms in total. The minimum atomic E-state index is -0.193. The summed E-state index contributed by atoms with van der Waals surface area (Å²) in [6.07, 6.45) is 5.76. The minimum Gasteiger partial charge on any atom is -0.488 e. The van der Waals surface area contributed by atoms with E-state index < -0.39 is 0 Å². The number of unbranched alkanes of at least 4 members (excludes halogenated alkanes) is 2. The third-order valence-corrected chi connectivity index (χ3v) is 7.50. The van der Waals surface area contributed by atoms with Gasteiger partial charge < -0.3 is 9.47 Å². The second-order valence-electron chi connectivity index (χ2n) is 10.1. The number of benzene rings is 4. The molecule has 2 amide bonds. The lowest BCUT2D eigenvalue weighted by Gasteiger charge is -2.10. The predicted octanol–water partition coefficient (Wildman–Crippen LogP) is 7.92. The van der Waals surface area contributed by atoms with E-state index in [0.717, 1.165) is 37.6 Å². The monoisotopic (exact) mass is 732 g/mol. The molecule has 0 bridgehead atoms. The Kier molecular flexibility index (Phi) is 13.8. The molecule has 0 unspecified atom stereocenters. The van der Waals surface area contributed by atoms with Gasteiger partial charge in [-0.05, 0) is 60.4 Å². The van der Waals surface area contributed by atoms with Crippen LogP contribution in [0.1, 0.15) is 54.4 Å². The molecule has 0 atom stereocenters. The van der Waals surface area contributed by atoms with E-state index in [4.69, 9.17) is 9.47 Å². The number of halogens is 2. The van der Waals surface area contributed by atoms with Crippen molar-refractivity contribution in [2.24, 2.45) is 10.2 Å². The van der Waals surface area contributed by atoms with Crippen LogP contribution in [-0.4, -0.2) is 24.2 Å². The molecule has 0 fully saturated rings. The van der Waals surface area contributed by atoms with Crippen molar-refractivity contribution in [3.8, 4) is 11.5 Å². The summed E-state index contributed by atoms with van der Waals surface area (Å²) < 4.78 is 13.7. The Balaban J connectivity index is 1.13. The molecule has 0 saturated heterocycles. The number of nitrogens with zero attached hydrogens (tertiary/aromatic N) is 2. The van der Waals surface area contributed by atoms with Crippen molar-refractivity contribution in [2.75, 3.05) is 0 Å². The number of carbonyl (C=O) groups is 2. The first-order valence-electron chi connectivity index (χ1n) is 14.5. The Bertz CT molecular complexity index is 1480. The number of rotatable bonds is 16. The van der Waals surface area contributed by atoms with Gasteiger partial charge in [0.1, 0.15) is 24.7 Å². The molecule has 0 saturated carbocycles. The maximum atomic E-state index is 12.3. The van der Waals surface area contributed by atoms with Gasteiger partial charge in [-0.25, -0.2) is 10.9 Å².